The molecule has 3 aromatic heterocycles. The number of pyridine rings is 1. The van der Waals surface area contributed by atoms with Crippen molar-refractivity contribution in [2.45, 2.75) is 30.2 Å². The van der Waals surface area contributed by atoms with E-state index < -0.39 is 10.0 Å². The minimum Gasteiger partial charge on any atom is -0.294 e. The second kappa shape index (κ2) is 8.26. The van der Waals surface area contributed by atoms with Crippen molar-refractivity contribution in [3.05, 3.63) is 83.9 Å². The molecule has 0 atom stereocenters. The molecule has 1 aliphatic rings. The number of para-hydroxylation sites is 1. The van der Waals surface area contributed by atoms with Gasteiger partial charge in [0.25, 0.3) is 0 Å². The van der Waals surface area contributed by atoms with E-state index >= 15 is 0 Å². The molecule has 2 aromatic carbocycles. The molecule has 0 amide bonds. The highest BCUT2D eigenvalue weighted by atomic mass is 32.2. The van der Waals surface area contributed by atoms with E-state index in [4.69, 9.17) is 0 Å². The summed E-state index contributed by atoms with van der Waals surface area (Å²) < 4.78 is 44.3. The van der Waals surface area contributed by atoms with Crippen molar-refractivity contribution in [1.29, 1.82) is 0 Å². The summed E-state index contributed by atoms with van der Waals surface area (Å²) in [5, 5.41) is 2.83. The fraction of sp³-hybridized carbons (Fsp3) is 0.200. The molecule has 3 heterocycles. The fourth-order valence-corrected chi connectivity index (χ4v) is 7.03. The first-order chi connectivity index (χ1) is 16.5. The van der Waals surface area contributed by atoms with Gasteiger partial charge in [-0.05, 0) is 49.2 Å². The number of thiazole rings is 1. The van der Waals surface area contributed by atoms with Gasteiger partial charge in [-0.3, -0.25) is 9.38 Å². The molecule has 9 heteroatoms. The van der Waals surface area contributed by atoms with E-state index in [0.29, 0.717) is 18.5 Å². The SMILES string of the molecule is O=S(=O)(c1cccc2cccnc12)N(CCc1csc2nc(-c3ccc(F)cc3)cn12)C1CC1. The average molecular weight is 493 g/mol. The molecule has 6 rings (SSSR count). The lowest BCUT2D eigenvalue weighted by atomic mass is 10.2. The van der Waals surface area contributed by atoms with Crippen molar-refractivity contribution in [2.75, 3.05) is 6.54 Å². The van der Waals surface area contributed by atoms with Crippen LogP contribution in [0, 0.1) is 5.82 Å². The smallest absolute Gasteiger partial charge is 0.245 e. The summed E-state index contributed by atoms with van der Waals surface area (Å²) in [6.07, 6.45) is 5.86. The maximum Gasteiger partial charge on any atom is 0.245 e. The van der Waals surface area contributed by atoms with Gasteiger partial charge in [-0.2, -0.15) is 4.31 Å². The second-order valence-electron chi connectivity index (χ2n) is 8.44. The number of aromatic nitrogens is 3. The van der Waals surface area contributed by atoms with Gasteiger partial charge in [0, 0.05) is 53.4 Å². The van der Waals surface area contributed by atoms with Gasteiger partial charge in [0.1, 0.15) is 10.7 Å². The lowest BCUT2D eigenvalue weighted by Gasteiger charge is -2.22. The van der Waals surface area contributed by atoms with Gasteiger partial charge in [0.15, 0.2) is 4.96 Å². The number of nitrogens with zero attached hydrogens (tertiary/aromatic N) is 4. The molecule has 0 saturated heterocycles. The summed E-state index contributed by atoms with van der Waals surface area (Å²) in [5.74, 6) is -0.284. The Morgan fingerprint density at radius 2 is 1.88 bits per heavy atom. The molecule has 0 aliphatic heterocycles. The molecule has 1 fully saturated rings. The summed E-state index contributed by atoms with van der Waals surface area (Å²) >= 11 is 1.51. The minimum atomic E-state index is -3.70. The normalized spacial score (nSPS) is 14.4. The Hall–Kier alpha value is -3.14. The summed E-state index contributed by atoms with van der Waals surface area (Å²) in [4.78, 5) is 10.1. The van der Waals surface area contributed by atoms with Crippen LogP contribution < -0.4 is 0 Å². The first-order valence-corrected chi connectivity index (χ1v) is 13.4. The standard InChI is InChI=1S/C25H21FN4O2S2/c26-19-8-6-17(7-9-19)22-15-29-21(16-33-25(29)28-22)12-14-30(20-10-11-20)34(31,32)23-5-1-3-18-4-2-13-27-24(18)23/h1-9,13,15-16,20H,10-12,14H2. The predicted octanol–water partition coefficient (Wildman–Crippen LogP) is 5.15. The van der Waals surface area contributed by atoms with Gasteiger partial charge in [-0.25, -0.2) is 17.8 Å². The van der Waals surface area contributed by atoms with E-state index in [1.54, 1.807) is 34.8 Å². The Morgan fingerprint density at radius 3 is 2.68 bits per heavy atom. The number of fused-ring (bicyclic) bond motifs is 2. The van der Waals surface area contributed by atoms with Crippen LogP contribution in [0.2, 0.25) is 0 Å². The third kappa shape index (κ3) is 3.79. The van der Waals surface area contributed by atoms with Crippen LogP contribution in [0.15, 0.2) is 77.3 Å². The summed E-state index contributed by atoms with van der Waals surface area (Å²) in [5.41, 5.74) is 3.11. The molecule has 1 aliphatic carbocycles. The monoisotopic (exact) mass is 492 g/mol. The molecular weight excluding hydrogens is 471 g/mol. The number of rotatable bonds is 7. The largest absolute Gasteiger partial charge is 0.294 e. The quantitative estimate of drug-likeness (QED) is 0.315. The van der Waals surface area contributed by atoms with Crippen molar-refractivity contribution >= 4 is 37.2 Å². The number of sulfonamides is 1. The molecule has 0 spiro atoms. The Morgan fingerprint density at radius 1 is 1.09 bits per heavy atom. The van der Waals surface area contributed by atoms with E-state index in [9.17, 15) is 12.8 Å². The van der Waals surface area contributed by atoms with E-state index in [1.165, 1.54) is 23.5 Å². The topological polar surface area (TPSA) is 67.6 Å². The van der Waals surface area contributed by atoms with Gasteiger partial charge in [-0.1, -0.05) is 18.2 Å². The molecule has 0 radical (unpaired) electrons. The molecule has 5 aromatic rings. The van der Waals surface area contributed by atoms with Gasteiger partial charge in [-0.15, -0.1) is 11.3 Å². The highest BCUT2D eigenvalue weighted by Gasteiger charge is 2.38. The van der Waals surface area contributed by atoms with Crippen molar-refractivity contribution < 1.29 is 12.8 Å². The number of hydrogen-bond donors (Lipinski definition) is 0. The zero-order valence-electron chi connectivity index (χ0n) is 18.1. The molecule has 0 N–H and O–H groups in total. The average Bonchev–Trinajstić information content (AvgIpc) is 3.47. The van der Waals surface area contributed by atoms with Crippen LogP contribution in [-0.4, -0.2) is 39.7 Å². The van der Waals surface area contributed by atoms with Crippen molar-refractivity contribution in [1.82, 2.24) is 18.7 Å². The number of hydrogen-bond acceptors (Lipinski definition) is 5. The maximum atomic E-state index is 13.7. The third-order valence-corrected chi connectivity index (χ3v) is 9.02. The van der Waals surface area contributed by atoms with Gasteiger partial charge >= 0.3 is 0 Å². The van der Waals surface area contributed by atoms with Crippen molar-refractivity contribution in [3.63, 3.8) is 0 Å². The Bertz CT molecular complexity index is 1600. The molecule has 6 nitrogen and oxygen atoms in total. The lowest BCUT2D eigenvalue weighted by molar-refractivity contribution is 0.406. The summed E-state index contributed by atoms with van der Waals surface area (Å²) in [6, 6.07) is 15.3. The van der Waals surface area contributed by atoms with Crippen LogP contribution in [0.1, 0.15) is 18.5 Å². The Labute approximate surface area is 200 Å². The first kappa shape index (κ1) is 21.4. The molecular formula is C25H21FN4O2S2. The maximum absolute atomic E-state index is 13.7. The Balaban J connectivity index is 1.29. The summed E-state index contributed by atoms with van der Waals surface area (Å²) in [6.45, 7) is 0.381. The zero-order chi connectivity index (χ0) is 23.3. The van der Waals surface area contributed by atoms with Crippen molar-refractivity contribution in [2.24, 2.45) is 0 Å². The van der Waals surface area contributed by atoms with E-state index in [2.05, 4.69) is 9.97 Å². The molecule has 34 heavy (non-hydrogen) atoms. The van der Waals surface area contributed by atoms with Gasteiger partial charge in [0.05, 0.1) is 11.2 Å². The van der Waals surface area contributed by atoms with Crippen LogP contribution in [-0.2, 0) is 16.4 Å². The van der Waals surface area contributed by atoms with E-state index in [-0.39, 0.29) is 16.8 Å². The highest BCUT2D eigenvalue weighted by molar-refractivity contribution is 7.89. The first-order valence-electron chi connectivity index (χ1n) is 11.1. The zero-order valence-corrected chi connectivity index (χ0v) is 19.8. The highest BCUT2D eigenvalue weighted by Crippen LogP contribution is 2.34. The van der Waals surface area contributed by atoms with Crippen LogP contribution in [0.3, 0.4) is 0 Å². The molecule has 0 bridgehead atoms. The van der Waals surface area contributed by atoms with Crippen molar-refractivity contribution in [3.8, 4) is 11.3 Å². The summed E-state index contributed by atoms with van der Waals surface area (Å²) in [7, 11) is -3.70. The lowest BCUT2D eigenvalue weighted by Crippen LogP contribution is -2.35. The number of benzene rings is 2. The van der Waals surface area contributed by atoms with Crippen LogP contribution in [0.5, 0.6) is 0 Å². The van der Waals surface area contributed by atoms with Gasteiger partial charge < -0.3 is 0 Å². The van der Waals surface area contributed by atoms with Gasteiger partial charge in [0.2, 0.25) is 10.0 Å². The second-order valence-corrected chi connectivity index (χ2v) is 11.1. The third-order valence-electron chi connectivity index (χ3n) is 6.15. The van der Waals surface area contributed by atoms with E-state index in [0.717, 1.165) is 40.1 Å². The number of halogens is 1. The fourth-order valence-electron chi connectivity index (χ4n) is 4.27. The molecule has 0 unspecified atom stereocenters. The van der Waals surface area contributed by atoms with Crippen LogP contribution in [0.4, 0.5) is 4.39 Å². The predicted molar refractivity (Wildman–Crippen MR) is 131 cm³/mol. The van der Waals surface area contributed by atoms with Crippen LogP contribution in [0.25, 0.3) is 27.1 Å². The number of imidazole rings is 1. The molecule has 1 saturated carbocycles. The Kier molecular flexibility index (Phi) is 5.20. The minimum absolute atomic E-state index is 0.0238. The van der Waals surface area contributed by atoms with Crippen LogP contribution >= 0.6 is 11.3 Å². The van der Waals surface area contributed by atoms with E-state index in [1.807, 2.05) is 34.2 Å². The molecule has 172 valence electrons.